The number of hydrogen-bond acceptors (Lipinski definition) is 4. The van der Waals surface area contributed by atoms with E-state index in [0.29, 0.717) is 5.56 Å². The number of nitrogens with zero attached hydrogens (tertiary/aromatic N) is 2. The number of benzene rings is 2. The number of anilines is 1. The molecule has 140 valence electrons. The number of likely N-dealkylation sites (N-methyl/N-ethyl adjacent to an activating group) is 1. The van der Waals surface area contributed by atoms with Gasteiger partial charge in [-0.25, -0.2) is 4.79 Å². The lowest BCUT2D eigenvalue weighted by atomic mass is 9.89. The lowest BCUT2D eigenvalue weighted by Crippen LogP contribution is -2.42. The van der Waals surface area contributed by atoms with Crippen molar-refractivity contribution >= 4 is 29.1 Å². The third-order valence-corrected chi connectivity index (χ3v) is 5.30. The Kier molecular flexibility index (Phi) is 4.92. The topological polar surface area (TPSA) is 41.9 Å². The van der Waals surface area contributed by atoms with E-state index in [2.05, 4.69) is 62.0 Å². The number of carbonyl (C=O) groups is 1. The number of esters is 1. The molecule has 0 bridgehead atoms. The fourth-order valence-electron chi connectivity index (χ4n) is 3.50. The van der Waals surface area contributed by atoms with Crippen LogP contribution in [0.1, 0.15) is 47.8 Å². The van der Waals surface area contributed by atoms with Gasteiger partial charge < -0.3 is 9.64 Å². The first kappa shape index (κ1) is 18.9. The minimum absolute atomic E-state index is 0.00186. The summed E-state index contributed by atoms with van der Waals surface area (Å²) >= 11 is 0. The number of aliphatic imine (C=N–C) groups is 1. The third kappa shape index (κ3) is 3.52. The van der Waals surface area contributed by atoms with Gasteiger partial charge >= 0.3 is 5.97 Å². The molecule has 2 aromatic rings. The molecule has 0 atom stereocenters. The molecular weight excluding hydrogens is 336 g/mol. The number of ether oxygens (including phenoxy) is 1. The molecule has 0 spiro atoms. The summed E-state index contributed by atoms with van der Waals surface area (Å²) in [7, 11) is 3.51. The van der Waals surface area contributed by atoms with Crippen molar-refractivity contribution in [2.45, 2.75) is 33.2 Å². The van der Waals surface area contributed by atoms with Crippen molar-refractivity contribution in [3.05, 3.63) is 64.7 Å². The summed E-state index contributed by atoms with van der Waals surface area (Å²) in [4.78, 5) is 18.8. The van der Waals surface area contributed by atoms with Crippen LogP contribution in [0.15, 0.2) is 47.5 Å². The van der Waals surface area contributed by atoms with Crippen LogP contribution >= 0.6 is 0 Å². The number of methoxy groups -OCH3 is 1. The molecule has 4 nitrogen and oxygen atoms in total. The van der Waals surface area contributed by atoms with Crippen LogP contribution in [-0.2, 0) is 4.74 Å². The standard InChI is InChI=1S/C23H26N2O2/c1-15-13-23(3,4)25(5)21-11-10-17(12-19(15)21)14-24-20-9-7-8-18(16(20)2)22(26)27-6/h7-14H,1-6H3. The second-order valence-electron chi connectivity index (χ2n) is 7.52. The SMILES string of the molecule is COC(=O)c1cccc(N=Cc2ccc3c(c2)C(C)=CC(C)(C)N3C)c1C. The maximum absolute atomic E-state index is 11.9. The molecule has 0 unspecified atom stereocenters. The van der Waals surface area contributed by atoms with Crippen molar-refractivity contribution in [3.8, 4) is 0 Å². The fourth-order valence-corrected chi connectivity index (χ4v) is 3.50. The van der Waals surface area contributed by atoms with Crippen LogP contribution in [0.4, 0.5) is 11.4 Å². The molecule has 27 heavy (non-hydrogen) atoms. The van der Waals surface area contributed by atoms with E-state index in [0.717, 1.165) is 16.8 Å². The van der Waals surface area contributed by atoms with Gasteiger partial charge in [-0.05, 0) is 68.7 Å². The molecule has 4 heteroatoms. The highest BCUT2D eigenvalue weighted by molar-refractivity contribution is 5.93. The summed E-state index contributed by atoms with van der Waals surface area (Å²) in [5.74, 6) is -0.343. The predicted octanol–water partition coefficient (Wildman–Crippen LogP) is 5.16. The summed E-state index contributed by atoms with van der Waals surface area (Å²) in [5.41, 5.74) is 6.86. The first-order chi connectivity index (χ1) is 12.7. The number of hydrogen-bond donors (Lipinski definition) is 0. The summed E-state index contributed by atoms with van der Waals surface area (Å²) in [6.45, 7) is 8.46. The Morgan fingerprint density at radius 2 is 1.93 bits per heavy atom. The largest absolute Gasteiger partial charge is 0.465 e. The molecule has 0 radical (unpaired) electrons. The first-order valence-corrected chi connectivity index (χ1v) is 9.04. The zero-order chi connectivity index (χ0) is 19.8. The number of allylic oxidation sites excluding steroid dienone is 1. The van der Waals surface area contributed by atoms with Crippen LogP contribution < -0.4 is 4.90 Å². The van der Waals surface area contributed by atoms with Gasteiger partial charge in [0, 0.05) is 24.5 Å². The summed E-state index contributed by atoms with van der Waals surface area (Å²) < 4.78 is 4.83. The minimum Gasteiger partial charge on any atom is -0.465 e. The average molecular weight is 362 g/mol. The van der Waals surface area contributed by atoms with E-state index in [1.165, 1.54) is 23.9 Å². The number of fused-ring (bicyclic) bond motifs is 1. The Labute approximate surface area is 161 Å². The van der Waals surface area contributed by atoms with E-state index in [1.54, 1.807) is 6.07 Å². The van der Waals surface area contributed by atoms with Gasteiger partial charge in [-0.2, -0.15) is 0 Å². The molecule has 0 N–H and O–H groups in total. The molecule has 2 aromatic carbocycles. The summed E-state index contributed by atoms with van der Waals surface area (Å²) in [5, 5.41) is 0. The highest BCUT2D eigenvalue weighted by Gasteiger charge is 2.28. The first-order valence-electron chi connectivity index (χ1n) is 9.04. The van der Waals surface area contributed by atoms with Gasteiger partial charge in [-0.3, -0.25) is 4.99 Å². The third-order valence-electron chi connectivity index (χ3n) is 5.30. The molecular formula is C23H26N2O2. The maximum Gasteiger partial charge on any atom is 0.338 e. The predicted molar refractivity (Wildman–Crippen MR) is 112 cm³/mol. The zero-order valence-corrected chi connectivity index (χ0v) is 16.8. The quantitative estimate of drug-likeness (QED) is 0.559. The van der Waals surface area contributed by atoms with Gasteiger partial charge in [0.15, 0.2) is 0 Å². The monoisotopic (exact) mass is 362 g/mol. The van der Waals surface area contributed by atoms with Gasteiger partial charge in [0.1, 0.15) is 0 Å². The zero-order valence-electron chi connectivity index (χ0n) is 16.8. The number of rotatable bonds is 3. The van der Waals surface area contributed by atoms with E-state index in [9.17, 15) is 4.79 Å². The maximum atomic E-state index is 11.9. The highest BCUT2D eigenvalue weighted by atomic mass is 16.5. The van der Waals surface area contributed by atoms with E-state index in [1.807, 2.05) is 25.3 Å². The van der Waals surface area contributed by atoms with E-state index < -0.39 is 0 Å². The van der Waals surface area contributed by atoms with Crippen molar-refractivity contribution in [2.24, 2.45) is 4.99 Å². The van der Waals surface area contributed by atoms with Crippen molar-refractivity contribution in [3.63, 3.8) is 0 Å². The summed E-state index contributed by atoms with van der Waals surface area (Å²) in [6, 6.07) is 11.9. The van der Waals surface area contributed by atoms with Crippen LogP contribution in [0.25, 0.3) is 5.57 Å². The molecule has 0 saturated carbocycles. The van der Waals surface area contributed by atoms with Gasteiger partial charge in [0.25, 0.3) is 0 Å². The van der Waals surface area contributed by atoms with Crippen molar-refractivity contribution in [2.75, 3.05) is 19.1 Å². The highest BCUT2D eigenvalue weighted by Crippen LogP contribution is 2.38. The van der Waals surface area contributed by atoms with E-state index >= 15 is 0 Å². The Bertz CT molecular complexity index is 955. The van der Waals surface area contributed by atoms with Crippen LogP contribution in [0.3, 0.4) is 0 Å². The second-order valence-corrected chi connectivity index (χ2v) is 7.52. The van der Waals surface area contributed by atoms with Crippen LogP contribution in [-0.4, -0.2) is 31.9 Å². The Balaban J connectivity index is 1.95. The van der Waals surface area contributed by atoms with Crippen LogP contribution in [0.5, 0.6) is 0 Å². The lowest BCUT2D eigenvalue weighted by molar-refractivity contribution is 0.0600. The van der Waals surface area contributed by atoms with Gasteiger partial charge in [0.2, 0.25) is 0 Å². The molecule has 1 aliphatic rings. The molecule has 0 saturated heterocycles. The summed E-state index contributed by atoms with van der Waals surface area (Å²) in [6.07, 6.45) is 4.14. The van der Waals surface area contributed by atoms with Gasteiger partial charge in [-0.15, -0.1) is 0 Å². The molecule has 0 aliphatic carbocycles. The minimum atomic E-state index is -0.343. The van der Waals surface area contributed by atoms with Gasteiger partial charge in [0.05, 0.1) is 23.9 Å². The van der Waals surface area contributed by atoms with E-state index in [-0.39, 0.29) is 11.5 Å². The Hall–Kier alpha value is -2.88. The van der Waals surface area contributed by atoms with Crippen molar-refractivity contribution in [1.82, 2.24) is 0 Å². The lowest BCUT2D eigenvalue weighted by Gasteiger charge is -2.40. The smallest absolute Gasteiger partial charge is 0.338 e. The molecule has 3 rings (SSSR count). The Morgan fingerprint density at radius 1 is 1.19 bits per heavy atom. The molecule has 0 fully saturated rings. The average Bonchev–Trinajstić information content (AvgIpc) is 2.64. The van der Waals surface area contributed by atoms with Crippen molar-refractivity contribution in [1.29, 1.82) is 0 Å². The fraction of sp³-hybridized carbons (Fsp3) is 0.304. The molecule has 0 amide bonds. The van der Waals surface area contributed by atoms with Crippen molar-refractivity contribution < 1.29 is 9.53 Å². The molecule has 1 aliphatic heterocycles. The number of carbonyl (C=O) groups excluding carboxylic acids is 1. The normalized spacial score (nSPS) is 15.5. The molecule has 0 aromatic heterocycles. The van der Waals surface area contributed by atoms with Crippen LogP contribution in [0, 0.1) is 6.92 Å². The molecule has 1 heterocycles. The second kappa shape index (κ2) is 7.03. The van der Waals surface area contributed by atoms with E-state index in [4.69, 9.17) is 4.74 Å². The Morgan fingerprint density at radius 3 is 2.63 bits per heavy atom. The van der Waals surface area contributed by atoms with Gasteiger partial charge in [-0.1, -0.05) is 18.2 Å². The van der Waals surface area contributed by atoms with Crippen LogP contribution in [0.2, 0.25) is 0 Å².